The van der Waals surface area contributed by atoms with Gasteiger partial charge in [-0.1, -0.05) is 48.5 Å². The Hall–Kier alpha value is -0.240. The van der Waals surface area contributed by atoms with E-state index in [9.17, 15) is 0 Å². The number of hydrogen-bond acceptors (Lipinski definition) is 1. The van der Waals surface area contributed by atoms with Crippen LogP contribution >= 0.6 is 23.2 Å². The van der Waals surface area contributed by atoms with Crippen LogP contribution in [0.1, 0.15) is 44.6 Å². The average Bonchev–Trinajstić information content (AvgIpc) is 2.38. The maximum atomic E-state index is 6.17. The normalized spacial score (nSPS) is 18.8. The highest BCUT2D eigenvalue weighted by Crippen LogP contribution is 2.27. The topological polar surface area (TPSA) is 12.0 Å². The second-order valence-electron chi connectivity index (χ2n) is 5.30. The summed E-state index contributed by atoms with van der Waals surface area (Å²) in [6.07, 6.45) is 6.91. The molecule has 0 unspecified atom stereocenters. The molecule has 0 spiro atoms. The van der Waals surface area contributed by atoms with Gasteiger partial charge in [-0.15, -0.1) is 0 Å². The lowest BCUT2D eigenvalue weighted by atomic mass is 9.84. The Bertz CT molecular complexity index is 386. The molecule has 2 rings (SSSR count). The molecule has 0 amide bonds. The Labute approximate surface area is 120 Å². The third-order valence-corrected chi connectivity index (χ3v) is 4.57. The van der Waals surface area contributed by atoms with E-state index < -0.39 is 0 Å². The third-order valence-electron chi connectivity index (χ3n) is 3.99. The molecule has 1 aliphatic carbocycles. The van der Waals surface area contributed by atoms with Gasteiger partial charge in [0.05, 0.1) is 0 Å². The summed E-state index contributed by atoms with van der Waals surface area (Å²) in [7, 11) is 0. The summed E-state index contributed by atoms with van der Waals surface area (Å²) in [4.78, 5) is 0. The quantitative estimate of drug-likeness (QED) is 0.816. The standard InChI is InChI=1S/C15H21Cl2N/c1-11(12-5-3-2-4-6-12)18-10-13-7-8-14(16)9-15(13)17/h7-9,11-12,18H,2-6,10H2,1H3/t11-/m1/s1. The number of benzene rings is 1. The SMILES string of the molecule is C[C@@H](NCc1ccc(Cl)cc1Cl)C1CCCCC1. The maximum Gasteiger partial charge on any atom is 0.0465 e. The van der Waals surface area contributed by atoms with E-state index in [1.165, 1.54) is 32.1 Å². The number of rotatable bonds is 4. The van der Waals surface area contributed by atoms with Crippen molar-refractivity contribution in [1.82, 2.24) is 5.32 Å². The van der Waals surface area contributed by atoms with E-state index >= 15 is 0 Å². The minimum absolute atomic E-state index is 0.567. The predicted molar refractivity (Wildman–Crippen MR) is 79.3 cm³/mol. The first-order chi connectivity index (χ1) is 8.66. The van der Waals surface area contributed by atoms with Crippen LogP contribution in [0.4, 0.5) is 0 Å². The smallest absolute Gasteiger partial charge is 0.0465 e. The average molecular weight is 286 g/mol. The Morgan fingerprint density at radius 3 is 2.61 bits per heavy atom. The zero-order chi connectivity index (χ0) is 13.0. The maximum absolute atomic E-state index is 6.17. The predicted octanol–water partition coefficient (Wildman–Crippen LogP) is 5.05. The molecule has 0 saturated heterocycles. The van der Waals surface area contributed by atoms with Crippen LogP contribution in [-0.4, -0.2) is 6.04 Å². The Kier molecular flexibility index (Phi) is 5.35. The van der Waals surface area contributed by atoms with Gasteiger partial charge in [-0.05, 0) is 43.4 Å². The molecular weight excluding hydrogens is 265 g/mol. The van der Waals surface area contributed by atoms with E-state index in [0.29, 0.717) is 11.1 Å². The van der Waals surface area contributed by atoms with Crippen LogP contribution in [-0.2, 0) is 6.54 Å². The van der Waals surface area contributed by atoms with Crippen molar-refractivity contribution < 1.29 is 0 Å². The van der Waals surface area contributed by atoms with E-state index in [2.05, 4.69) is 12.2 Å². The lowest BCUT2D eigenvalue weighted by Gasteiger charge is -2.28. The fraction of sp³-hybridized carbons (Fsp3) is 0.600. The molecule has 0 radical (unpaired) electrons. The molecule has 18 heavy (non-hydrogen) atoms. The van der Waals surface area contributed by atoms with Crippen LogP contribution in [0, 0.1) is 5.92 Å². The van der Waals surface area contributed by atoms with Crippen LogP contribution in [0.3, 0.4) is 0 Å². The summed E-state index contributed by atoms with van der Waals surface area (Å²) in [5.74, 6) is 0.824. The highest BCUT2D eigenvalue weighted by molar-refractivity contribution is 6.35. The first-order valence-electron chi connectivity index (χ1n) is 6.84. The van der Waals surface area contributed by atoms with E-state index in [1.54, 1.807) is 0 Å². The van der Waals surface area contributed by atoms with Crippen LogP contribution in [0.2, 0.25) is 10.0 Å². The van der Waals surface area contributed by atoms with E-state index in [0.717, 1.165) is 23.0 Å². The van der Waals surface area contributed by atoms with Gasteiger partial charge in [0.15, 0.2) is 0 Å². The molecule has 1 saturated carbocycles. The van der Waals surface area contributed by atoms with Crippen molar-refractivity contribution in [3.05, 3.63) is 33.8 Å². The zero-order valence-electron chi connectivity index (χ0n) is 10.9. The summed E-state index contributed by atoms with van der Waals surface area (Å²) >= 11 is 12.1. The summed E-state index contributed by atoms with van der Waals surface area (Å²) in [5, 5.41) is 5.06. The Morgan fingerprint density at radius 2 is 1.94 bits per heavy atom. The molecule has 1 aromatic carbocycles. The lowest BCUT2D eigenvalue weighted by molar-refractivity contribution is 0.280. The molecule has 3 heteroatoms. The zero-order valence-corrected chi connectivity index (χ0v) is 12.4. The van der Waals surface area contributed by atoms with E-state index in [1.807, 2.05) is 18.2 Å². The lowest BCUT2D eigenvalue weighted by Crippen LogP contribution is -2.34. The highest BCUT2D eigenvalue weighted by Gasteiger charge is 2.19. The molecule has 1 N–H and O–H groups in total. The van der Waals surface area contributed by atoms with Crippen molar-refractivity contribution in [2.75, 3.05) is 0 Å². The summed E-state index contributed by atoms with van der Waals surface area (Å²) in [5.41, 5.74) is 1.13. The van der Waals surface area contributed by atoms with Crippen molar-refractivity contribution >= 4 is 23.2 Å². The largest absolute Gasteiger partial charge is 0.310 e. The monoisotopic (exact) mass is 285 g/mol. The molecule has 1 fully saturated rings. The van der Waals surface area contributed by atoms with E-state index in [4.69, 9.17) is 23.2 Å². The van der Waals surface area contributed by atoms with Crippen molar-refractivity contribution in [2.45, 2.75) is 51.6 Å². The van der Waals surface area contributed by atoms with Crippen LogP contribution < -0.4 is 5.32 Å². The minimum Gasteiger partial charge on any atom is -0.310 e. The number of nitrogens with one attached hydrogen (secondary N) is 1. The molecular formula is C15H21Cl2N. The summed E-state index contributed by atoms with van der Waals surface area (Å²) in [6.45, 7) is 3.12. The second kappa shape index (κ2) is 6.79. The fourth-order valence-corrected chi connectivity index (χ4v) is 3.21. The van der Waals surface area contributed by atoms with Gasteiger partial charge < -0.3 is 5.32 Å². The van der Waals surface area contributed by atoms with Crippen molar-refractivity contribution in [1.29, 1.82) is 0 Å². The van der Waals surface area contributed by atoms with Crippen molar-refractivity contribution in [2.24, 2.45) is 5.92 Å². The second-order valence-corrected chi connectivity index (χ2v) is 6.15. The molecule has 1 atom stereocenters. The molecule has 0 aromatic heterocycles. The fourth-order valence-electron chi connectivity index (χ4n) is 2.74. The van der Waals surface area contributed by atoms with Gasteiger partial charge in [-0.3, -0.25) is 0 Å². The molecule has 0 aliphatic heterocycles. The van der Waals surface area contributed by atoms with Gasteiger partial charge in [-0.25, -0.2) is 0 Å². The van der Waals surface area contributed by atoms with Gasteiger partial charge >= 0.3 is 0 Å². The summed E-state index contributed by atoms with van der Waals surface area (Å²) < 4.78 is 0. The Morgan fingerprint density at radius 1 is 1.22 bits per heavy atom. The van der Waals surface area contributed by atoms with Gasteiger partial charge in [0.2, 0.25) is 0 Å². The molecule has 1 nitrogen and oxygen atoms in total. The van der Waals surface area contributed by atoms with E-state index in [-0.39, 0.29) is 0 Å². The Balaban J connectivity index is 1.86. The van der Waals surface area contributed by atoms with Gasteiger partial charge in [0, 0.05) is 22.6 Å². The first-order valence-corrected chi connectivity index (χ1v) is 7.59. The van der Waals surface area contributed by atoms with Gasteiger partial charge in [0.1, 0.15) is 0 Å². The molecule has 1 aromatic rings. The molecule has 100 valence electrons. The van der Waals surface area contributed by atoms with Crippen LogP contribution in [0.15, 0.2) is 18.2 Å². The minimum atomic E-state index is 0.567. The first kappa shape index (κ1) is 14.2. The molecule has 0 bridgehead atoms. The summed E-state index contributed by atoms with van der Waals surface area (Å²) in [6, 6.07) is 6.28. The molecule has 1 aliphatic rings. The number of hydrogen-bond donors (Lipinski definition) is 1. The van der Waals surface area contributed by atoms with Gasteiger partial charge in [0.25, 0.3) is 0 Å². The number of halogens is 2. The van der Waals surface area contributed by atoms with Gasteiger partial charge in [-0.2, -0.15) is 0 Å². The van der Waals surface area contributed by atoms with Crippen LogP contribution in [0.5, 0.6) is 0 Å². The van der Waals surface area contributed by atoms with Crippen molar-refractivity contribution in [3.63, 3.8) is 0 Å². The molecule has 0 heterocycles. The highest BCUT2D eigenvalue weighted by atomic mass is 35.5. The van der Waals surface area contributed by atoms with Crippen molar-refractivity contribution in [3.8, 4) is 0 Å². The third kappa shape index (κ3) is 3.88. The van der Waals surface area contributed by atoms with Crippen LogP contribution in [0.25, 0.3) is 0 Å².